The molecule has 0 spiro atoms. The topological polar surface area (TPSA) is 414 Å². The van der Waals surface area contributed by atoms with Crippen molar-refractivity contribution in [3.63, 3.8) is 0 Å². The maximum absolute atomic E-state index is 13.5. The van der Waals surface area contributed by atoms with Crippen LogP contribution in [0.2, 0.25) is 0 Å². The van der Waals surface area contributed by atoms with Gasteiger partial charge in [0.1, 0.15) is 42.4 Å². The first-order valence-electron chi connectivity index (χ1n) is 16.8. The summed E-state index contributed by atoms with van der Waals surface area (Å²) in [5, 5.41) is 77.4. The number of aliphatic carboxylic acids is 1. The van der Waals surface area contributed by atoms with Crippen molar-refractivity contribution in [1.82, 2.24) is 42.5 Å². The first-order valence-corrected chi connectivity index (χ1v) is 16.8. The zero-order valence-corrected chi connectivity index (χ0v) is 30.9. The molecule has 1 rings (SSSR count). The van der Waals surface area contributed by atoms with Crippen molar-refractivity contribution < 1.29 is 78.6 Å². The van der Waals surface area contributed by atoms with Gasteiger partial charge in [0.05, 0.1) is 19.3 Å². The van der Waals surface area contributed by atoms with Crippen molar-refractivity contribution in [3.8, 4) is 0 Å². The van der Waals surface area contributed by atoms with Gasteiger partial charge in [-0.15, -0.1) is 0 Å². The fourth-order valence-corrected chi connectivity index (χ4v) is 4.61. The van der Waals surface area contributed by atoms with Crippen molar-refractivity contribution in [2.45, 2.75) is 95.3 Å². The van der Waals surface area contributed by atoms with Crippen molar-refractivity contribution in [2.24, 2.45) is 11.7 Å². The molecule has 0 aromatic rings. The molecule has 1 saturated heterocycles. The molecule has 0 aromatic carbocycles. The SMILES string of the molecule is C/C=C(/C)C(=O)NCC1NC(=O)[C@H](C(=O)O)NC(=O)C(O)CNC(=O)[C@H]([C@@H](C)O)NC(=O)[C@H](C(O)C(O)C(N)=O)NC(=O)[C@H](C(C)C)NC(=O)C(CO)NC1=O. The number of allylic oxidation sites excluding steroid dienone is 1. The molecule has 1 fully saturated rings. The largest absolute Gasteiger partial charge is 0.479 e. The molecule has 16 N–H and O–H groups in total. The molecule has 1 aliphatic rings. The van der Waals surface area contributed by atoms with Crippen LogP contribution in [0, 0.1) is 5.92 Å². The van der Waals surface area contributed by atoms with E-state index in [0.29, 0.717) is 0 Å². The van der Waals surface area contributed by atoms with Crippen LogP contribution in [0.4, 0.5) is 0 Å². The highest BCUT2D eigenvalue weighted by molar-refractivity contribution is 6.06. The van der Waals surface area contributed by atoms with Gasteiger partial charge >= 0.3 is 5.97 Å². The summed E-state index contributed by atoms with van der Waals surface area (Å²) in [5.41, 5.74) is 5.19. The normalized spacial score (nSPS) is 27.2. The standard InChI is InChI=1S/C31H49N9O16/c1-6-11(4)23(47)33-7-13-24(48)36-14(9-41)25(49)37-16(10(2)3)28(52)39-18(20(44)21(45)22(32)46)29(53)38-17(12(5)42)27(51)34-8-15(43)26(50)40-19(31(55)56)30(54)35-13/h6,10,12-21,41-45H,7-9H2,1-5H3,(H2,32,46)(H,33,47)(H,34,51)(H,35,54)(H,36,48)(H,37,49)(H,38,53)(H,39,52)(H,40,50)(H,55,56)/b11-6-/t12-,13?,14?,15?,16+,17+,18+,19-,20?,21?/m1/s1. The first-order chi connectivity index (χ1) is 26.0. The van der Waals surface area contributed by atoms with E-state index in [-0.39, 0.29) is 5.57 Å². The summed E-state index contributed by atoms with van der Waals surface area (Å²) in [6.45, 7) is 3.67. The van der Waals surface area contributed by atoms with Crippen LogP contribution in [0.1, 0.15) is 34.6 Å². The molecule has 0 bridgehead atoms. The second kappa shape index (κ2) is 22.0. The van der Waals surface area contributed by atoms with Crippen molar-refractivity contribution in [1.29, 1.82) is 0 Å². The Hall–Kier alpha value is -5.76. The third kappa shape index (κ3) is 13.8. The minimum atomic E-state index is -2.53. The molecule has 314 valence electrons. The number of β-amino-alcohol motifs (C(OH)–C–C–N with tert-alkyl or cyclic N) is 1. The first kappa shape index (κ1) is 48.3. The van der Waals surface area contributed by atoms with E-state index >= 15 is 0 Å². The Bertz CT molecular complexity index is 1550. The van der Waals surface area contributed by atoms with Gasteiger partial charge in [0, 0.05) is 12.1 Å². The van der Waals surface area contributed by atoms with Gasteiger partial charge in [0.25, 0.3) is 11.8 Å². The molecule has 0 aromatic heterocycles. The predicted octanol–water partition coefficient (Wildman–Crippen LogP) is -9.21. The maximum atomic E-state index is 13.5. The third-order valence-electron chi connectivity index (χ3n) is 8.12. The summed E-state index contributed by atoms with van der Waals surface area (Å²) in [5.74, 6) is -15.1. The Morgan fingerprint density at radius 3 is 1.79 bits per heavy atom. The average molecular weight is 804 g/mol. The zero-order chi connectivity index (χ0) is 43.2. The minimum Gasteiger partial charge on any atom is -0.479 e. The van der Waals surface area contributed by atoms with Gasteiger partial charge in [-0.3, -0.25) is 43.2 Å². The lowest BCUT2D eigenvalue weighted by atomic mass is 9.99. The van der Waals surface area contributed by atoms with E-state index < -0.39 is 145 Å². The molecule has 0 saturated carbocycles. The number of nitrogens with two attached hydrogens (primary N) is 1. The van der Waals surface area contributed by atoms with Gasteiger partial charge in [-0.05, 0) is 26.7 Å². The van der Waals surface area contributed by atoms with E-state index in [1.165, 1.54) is 33.8 Å². The summed E-state index contributed by atoms with van der Waals surface area (Å²) in [6.07, 6.45) is -7.76. The smallest absolute Gasteiger partial charge is 0.336 e. The Balaban J connectivity index is 3.81. The lowest BCUT2D eigenvalue weighted by molar-refractivity contribution is -0.148. The van der Waals surface area contributed by atoms with Crippen molar-refractivity contribution in [2.75, 3.05) is 19.7 Å². The van der Waals surface area contributed by atoms with E-state index in [9.17, 15) is 78.6 Å². The number of nitrogens with one attached hydrogen (secondary N) is 8. The molecule has 1 heterocycles. The zero-order valence-electron chi connectivity index (χ0n) is 30.9. The summed E-state index contributed by atoms with van der Waals surface area (Å²) < 4.78 is 0. The van der Waals surface area contributed by atoms with E-state index in [1.807, 2.05) is 21.3 Å². The summed E-state index contributed by atoms with van der Waals surface area (Å²) in [6, 6.07) is -12.4. The number of hydrogen-bond donors (Lipinski definition) is 15. The van der Waals surface area contributed by atoms with Crippen LogP contribution in [0.3, 0.4) is 0 Å². The van der Waals surface area contributed by atoms with Crippen LogP contribution in [0.15, 0.2) is 11.6 Å². The monoisotopic (exact) mass is 803 g/mol. The number of rotatable bonds is 10. The van der Waals surface area contributed by atoms with Crippen LogP contribution < -0.4 is 48.3 Å². The molecular formula is C31H49N9O16. The van der Waals surface area contributed by atoms with Crippen LogP contribution in [-0.4, -0.2) is 170 Å². The van der Waals surface area contributed by atoms with Gasteiger partial charge in [0.15, 0.2) is 6.10 Å². The van der Waals surface area contributed by atoms with Gasteiger partial charge in [0.2, 0.25) is 47.4 Å². The lowest BCUT2D eigenvalue weighted by Gasteiger charge is -2.31. The highest BCUT2D eigenvalue weighted by atomic mass is 16.4. The molecule has 9 amide bonds. The molecule has 56 heavy (non-hydrogen) atoms. The van der Waals surface area contributed by atoms with Gasteiger partial charge in [-0.25, -0.2) is 4.79 Å². The van der Waals surface area contributed by atoms with E-state index in [4.69, 9.17) is 5.73 Å². The van der Waals surface area contributed by atoms with Crippen LogP contribution in [-0.2, 0) is 47.9 Å². The Kier molecular flexibility index (Phi) is 18.9. The van der Waals surface area contributed by atoms with Gasteiger partial charge in [-0.2, -0.15) is 0 Å². The number of carboxylic acids is 1. The highest BCUT2D eigenvalue weighted by Crippen LogP contribution is 2.08. The Morgan fingerprint density at radius 2 is 1.29 bits per heavy atom. The number of carbonyl (C=O) groups excluding carboxylic acids is 9. The molecular weight excluding hydrogens is 754 g/mol. The maximum Gasteiger partial charge on any atom is 0.336 e. The second-order valence-corrected chi connectivity index (χ2v) is 12.8. The third-order valence-corrected chi connectivity index (χ3v) is 8.12. The minimum absolute atomic E-state index is 0.147. The Labute approximate surface area is 318 Å². The van der Waals surface area contributed by atoms with E-state index in [0.717, 1.165) is 6.92 Å². The fourth-order valence-electron chi connectivity index (χ4n) is 4.61. The van der Waals surface area contributed by atoms with Crippen molar-refractivity contribution >= 4 is 59.1 Å². The summed E-state index contributed by atoms with van der Waals surface area (Å²) in [4.78, 5) is 129. The van der Waals surface area contributed by atoms with E-state index in [2.05, 4.69) is 16.0 Å². The molecule has 5 unspecified atom stereocenters. The summed E-state index contributed by atoms with van der Waals surface area (Å²) in [7, 11) is 0. The molecule has 25 nitrogen and oxygen atoms in total. The molecule has 1 aliphatic heterocycles. The summed E-state index contributed by atoms with van der Waals surface area (Å²) >= 11 is 0. The molecule has 0 aliphatic carbocycles. The molecule has 25 heteroatoms. The van der Waals surface area contributed by atoms with Crippen LogP contribution in [0.5, 0.6) is 0 Å². The van der Waals surface area contributed by atoms with E-state index in [1.54, 1.807) is 5.32 Å². The number of primary amides is 1. The van der Waals surface area contributed by atoms with Crippen LogP contribution in [0.25, 0.3) is 0 Å². The number of carboxylic acid groups (broad SMARTS) is 1. The average Bonchev–Trinajstić information content (AvgIpc) is 3.13. The lowest BCUT2D eigenvalue weighted by Crippen LogP contribution is -2.66. The number of amides is 9. The van der Waals surface area contributed by atoms with Crippen molar-refractivity contribution in [3.05, 3.63) is 11.6 Å². The number of aliphatic hydroxyl groups excluding tert-OH is 5. The predicted molar refractivity (Wildman–Crippen MR) is 185 cm³/mol. The Morgan fingerprint density at radius 1 is 0.768 bits per heavy atom. The number of carbonyl (C=O) groups is 10. The van der Waals surface area contributed by atoms with Gasteiger partial charge in [-0.1, -0.05) is 19.9 Å². The quantitative estimate of drug-likeness (QED) is 0.0720. The molecule has 0 radical (unpaired) electrons. The van der Waals surface area contributed by atoms with Crippen LogP contribution >= 0.6 is 0 Å². The fraction of sp³-hybridized carbons (Fsp3) is 0.613. The second-order valence-electron chi connectivity index (χ2n) is 12.8. The molecule has 10 atom stereocenters. The number of aliphatic hydroxyl groups is 5. The number of hydrogen-bond acceptors (Lipinski definition) is 15. The van der Waals surface area contributed by atoms with Gasteiger partial charge < -0.3 is 78.9 Å². The highest BCUT2D eigenvalue weighted by Gasteiger charge is 2.41.